The molecule has 0 saturated carbocycles. The third kappa shape index (κ3) is 3.76. The fraction of sp³-hybridized carbons (Fsp3) is 0.769. The molecule has 4 heteroatoms. The number of piperidine rings is 1. The van der Waals surface area contributed by atoms with Crippen LogP contribution < -0.4 is 5.32 Å². The summed E-state index contributed by atoms with van der Waals surface area (Å²) in [5, 5.41) is 6.92. The summed E-state index contributed by atoms with van der Waals surface area (Å²) in [6.07, 6.45) is 4.29. The van der Waals surface area contributed by atoms with Crippen molar-refractivity contribution >= 4 is 11.3 Å². The van der Waals surface area contributed by atoms with Crippen LogP contribution in [0.25, 0.3) is 0 Å². The van der Waals surface area contributed by atoms with Gasteiger partial charge in [0, 0.05) is 37.1 Å². The van der Waals surface area contributed by atoms with E-state index in [0.29, 0.717) is 0 Å². The molecule has 17 heavy (non-hydrogen) atoms. The second-order valence-corrected chi connectivity index (χ2v) is 5.89. The number of nitrogens with zero attached hydrogens (tertiary/aromatic N) is 2. The molecule has 0 spiro atoms. The number of thiazole rings is 1. The van der Waals surface area contributed by atoms with Crippen LogP contribution in [0.2, 0.25) is 0 Å². The van der Waals surface area contributed by atoms with Crippen molar-refractivity contribution in [2.75, 3.05) is 26.2 Å². The normalized spacial score (nSPS) is 26.2. The molecule has 1 saturated heterocycles. The molecule has 2 atom stereocenters. The van der Waals surface area contributed by atoms with Crippen molar-refractivity contribution in [1.29, 1.82) is 0 Å². The zero-order chi connectivity index (χ0) is 12.1. The van der Waals surface area contributed by atoms with Gasteiger partial charge in [-0.3, -0.25) is 0 Å². The molecule has 1 aromatic rings. The Balaban J connectivity index is 1.73. The second-order valence-electron chi connectivity index (χ2n) is 4.91. The first-order valence-electron chi connectivity index (χ1n) is 6.63. The van der Waals surface area contributed by atoms with Gasteiger partial charge in [-0.15, -0.1) is 11.3 Å². The first-order chi connectivity index (χ1) is 8.29. The molecule has 96 valence electrons. The lowest BCUT2D eigenvalue weighted by atomic mass is 9.94. The van der Waals surface area contributed by atoms with E-state index in [0.717, 1.165) is 31.5 Å². The van der Waals surface area contributed by atoms with Gasteiger partial charge in [-0.05, 0) is 25.4 Å². The van der Waals surface area contributed by atoms with Gasteiger partial charge >= 0.3 is 0 Å². The van der Waals surface area contributed by atoms with E-state index in [9.17, 15) is 0 Å². The summed E-state index contributed by atoms with van der Waals surface area (Å²) in [6.45, 7) is 9.27. The van der Waals surface area contributed by atoms with Gasteiger partial charge in [-0.2, -0.15) is 0 Å². The summed E-state index contributed by atoms with van der Waals surface area (Å²) in [5.41, 5.74) is 0. The van der Waals surface area contributed by atoms with Gasteiger partial charge in [0.1, 0.15) is 0 Å². The first kappa shape index (κ1) is 13.0. The van der Waals surface area contributed by atoms with Crippen LogP contribution in [0.4, 0.5) is 0 Å². The highest BCUT2D eigenvalue weighted by atomic mass is 32.1. The predicted octanol–water partition coefficient (Wildman–Crippen LogP) is 2.01. The maximum atomic E-state index is 4.34. The third-order valence-corrected chi connectivity index (χ3v) is 4.42. The molecule has 0 aromatic carbocycles. The van der Waals surface area contributed by atoms with Gasteiger partial charge in [0.05, 0.1) is 5.01 Å². The monoisotopic (exact) mass is 253 g/mol. The molecule has 2 heterocycles. The molecule has 1 N–H and O–H groups in total. The number of hydrogen-bond donors (Lipinski definition) is 1. The fourth-order valence-electron chi connectivity index (χ4n) is 2.63. The van der Waals surface area contributed by atoms with E-state index < -0.39 is 0 Å². The summed E-state index contributed by atoms with van der Waals surface area (Å²) >= 11 is 1.77. The number of aromatic nitrogens is 1. The van der Waals surface area contributed by atoms with E-state index in [1.54, 1.807) is 11.3 Å². The molecule has 0 radical (unpaired) electrons. The zero-order valence-corrected chi connectivity index (χ0v) is 11.7. The van der Waals surface area contributed by atoms with E-state index >= 15 is 0 Å². The highest BCUT2D eigenvalue weighted by Gasteiger charge is 2.24. The van der Waals surface area contributed by atoms with Crippen LogP contribution in [-0.4, -0.2) is 42.1 Å². The number of likely N-dealkylation sites (tertiary alicyclic amines) is 1. The average molecular weight is 253 g/mol. The molecule has 0 bridgehead atoms. The van der Waals surface area contributed by atoms with Crippen LogP contribution in [-0.2, 0) is 6.42 Å². The lowest BCUT2D eigenvalue weighted by molar-refractivity contribution is 0.150. The summed E-state index contributed by atoms with van der Waals surface area (Å²) in [7, 11) is 0. The molecule has 1 aromatic heterocycles. The van der Waals surface area contributed by atoms with Gasteiger partial charge in [0.15, 0.2) is 0 Å². The van der Waals surface area contributed by atoms with Crippen molar-refractivity contribution < 1.29 is 0 Å². The minimum absolute atomic E-state index is 0.719. The summed E-state index contributed by atoms with van der Waals surface area (Å²) in [6, 6.07) is 0.719. The summed E-state index contributed by atoms with van der Waals surface area (Å²) in [4.78, 5) is 6.93. The standard InChI is InChI=1S/C13H23N3S/c1-3-14-12-4-7-16(10-11(12)2)8-5-13-15-6-9-17-13/h6,9,11-12,14H,3-5,7-8,10H2,1-2H3. The quantitative estimate of drug-likeness (QED) is 0.870. The van der Waals surface area contributed by atoms with Gasteiger partial charge in [-0.25, -0.2) is 4.98 Å². The maximum Gasteiger partial charge on any atom is 0.0937 e. The zero-order valence-electron chi connectivity index (χ0n) is 10.9. The highest BCUT2D eigenvalue weighted by Crippen LogP contribution is 2.17. The van der Waals surface area contributed by atoms with E-state index in [4.69, 9.17) is 0 Å². The van der Waals surface area contributed by atoms with Crippen LogP contribution in [0.15, 0.2) is 11.6 Å². The van der Waals surface area contributed by atoms with Gasteiger partial charge in [0.2, 0.25) is 0 Å². The van der Waals surface area contributed by atoms with Crippen LogP contribution in [0.3, 0.4) is 0 Å². The maximum absolute atomic E-state index is 4.34. The Morgan fingerprint density at radius 3 is 3.12 bits per heavy atom. The van der Waals surface area contributed by atoms with Crippen molar-refractivity contribution in [3.8, 4) is 0 Å². The van der Waals surface area contributed by atoms with Crippen LogP contribution in [0, 0.1) is 5.92 Å². The highest BCUT2D eigenvalue weighted by molar-refractivity contribution is 7.09. The average Bonchev–Trinajstić information content (AvgIpc) is 2.83. The first-order valence-corrected chi connectivity index (χ1v) is 7.51. The number of hydrogen-bond acceptors (Lipinski definition) is 4. The molecular formula is C13H23N3S. The Morgan fingerprint density at radius 2 is 2.47 bits per heavy atom. The van der Waals surface area contributed by atoms with Crippen molar-refractivity contribution in [1.82, 2.24) is 15.2 Å². The Morgan fingerprint density at radius 1 is 1.59 bits per heavy atom. The molecule has 2 unspecified atom stereocenters. The van der Waals surface area contributed by atoms with Gasteiger partial charge in [-0.1, -0.05) is 13.8 Å². The van der Waals surface area contributed by atoms with E-state index in [1.807, 2.05) is 6.20 Å². The number of rotatable bonds is 5. The molecule has 1 aliphatic heterocycles. The Bertz CT molecular complexity index is 312. The van der Waals surface area contributed by atoms with Gasteiger partial charge in [0.25, 0.3) is 0 Å². The number of nitrogens with one attached hydrogen (secondary N) is 1. The fourth-order valence-corrected chi connectivity index (χ4v) is 3.24. The minimum Gasteiger partial charge on any atom is -0.314 e. The van der Waals surface area contributed by atoms with E-state index in [-0.39, 0.29) is 0 Å². The van der Waals surface area contributed by atoms with Crippen LogP contribution >= 0.6 is 11.3 Å². The lowest BCUT2D eigenvalue weighted by Crippen LogP contribution is -2.48. The molecule has 1 fully saturated rings. The smallest absolute Gasteiger partial charge is 0.0937 e. The summed E-state index contributed by atoms with van der Waals surface area (Å²) < 4.78 is 0. The SMILES string of the molecule is CCNC1CCN(CCc2nccs2)CC1C. The van der Waals surface area contributed by atoms with Crippen molar-refractivity contribution in [2.45, 2.75) is 32.7 Å². The Kier molecular flexibility index (Phi) is 4.95. The largest absolute Gasteiger partial charge is 0.314 e. The molecule has 3 nitrogen and oxygen atoms in total. The third-order valence-electron chi connectivity index (χ3n) is 3.58. The predicted molar refractivity (Wildman–Crippen MR) is 73.5 cm³/mol. The van der Waals surface area contributed by atoms with Crippen molar-refractivity contribution in [3.63, 3.8) is 0 Å². The van der Waals surface area contributed by atoms with Crippen molar-refractivity contribution in [3.05, 3.63) is 16.6 Å². The molecular weight excluding hydrogens is 230 g/mol. The van der Waals surface area contributed by atoms with Gasteiger partial charge < -0.3 is 10.2 Å². The minimum atomic E-state index is 0.719. The van der Waals surface area contributed by atoms with Crippen LogP contribution in [0.1, 0.15) is 25.3 Å². The van der Waals surface area contributed by atoms with Crippen molar-refractivity contribution in [2.24, 2.45) is 5.92 Å². The topological polar surface area (TPSA) is 28.2 Å². The molecule has 2 rings (SSSR count). The Hall–Kier alpha value is -0.450. The summed E-state index contributed by atoms with van der Waals surface area (Å²) in [5.74, 6) is 0.764. The second kappa shape index (κ2) is 6.47. The van der Waals surface area contributed by atoms with E-state index in [2.05, 4.69) is 34.4 Å². The Labute approximate surface area is 108 Å². The molecule has 1 aliphatic rings. The van der Waals surface area contributed by atoms with E-state index in [1.165, 1.54) is 24.5 Å². The lowest BCUT2D eigenvalue weighted by Gasteiger charge is -2.37. The van der Waals surface area contributed by atoms with Crippen LogP contribution in [0.5, 0.6) is 0 Å². The molecule has 0 aliphatic carbocycles. The molecule has 0 amide bonds.